The maximum atomic E-state index is 10.9. The summed E-state index contributed by atoms with van der Waals surface area (Å²) >= 11 is 0. The number of rotatable bonds is 5. The molecule has 5 nitrogen and oxygen atoms in total. The Balaban J connectivity index is 2.03. The molecule has 1 N–H and O–H groups in total. The van der Waals surface area contributed by atoms with Crippen molar-refractivity contribution in [3.63, 3.8) is 0 Å². The summed E-state index contributed by atoms with van der Waals surface area (Å²) in [7, 11) is 2.08. The minimum absolute atomic E-state index is 0.0966. The molecule has 0 unspecified atom stereocenters. The second-order valence-electron chi connectivity index (χ2n) is 4.87. The third-order valence-corrected chi connectivity index (χ3v) is 3.40. The lowest BCUT2D eigenvalue weighted by Crippen LogP contribution is -2.29. The Kier molecular flexibility index (Phi) is 4.12. The summed E-state index contributed by atoms with van der Waals surface area (Å²) in [6.45, 7) is 1.86. The molecule has 1 aliphatic carbocycles. The largest absolute Gasteiger partial charge is 0.363 e. The van der Waals surface area contributed by atoms with Gasteiger partial charge in [-0.1, -0.05) is 12.8 Å². The Labute approximate surface area is 108 Å². The summed E-state index contributed by atoms with van der Waals surface area (Å²) in [6.07, 6.45) is 6.61. The first-order valence-electron chi connectivity index (χ1n) is 6.45. The molecule has 1 fully saturated rings. The predicted octanol–water partition coefficient (Wildman–Crippen LogP) is 1.86. The molecule has 18 heavy (non-hydrogen) atoms. The van der Waals surface area contributed by atoms with Gasteiger partial charge >= 0.3 is 0 Å². The van der Waals surface area contributed by atoms with Gasteiger partial charge in [-0.15, -0.1) is 0 Å². The van der Waals surface area contributed by atoms with Gasteiger partial charge in [-0.2, -0.15) is 0 Å². The smallest absolute Gasteiger partial charge is 0.148 e. The number of hydrogen-bond donors (Lipinski definition) is 1. The normalized spacial score (nSPS) is 15.7. The monoisotopic (exact) mass is 248 g/mol. The average molecular weight is 248 g/mol. The number of aromatic nitrogens is 2. The molecule has 0 amide bonds. The second kappa shape index (κ2) is 5.80. The zero-order chi connectivity index (χ0) is 13.0. The Morgan fingerprint density at radius 2 is 2.17 bits per heavy atom. The van der Waals surface area contributed by atoms with Crippen LogP contribution in [0.15, 0.2) is 12.4 Å². The van der Waals surface area contributed by atoms with Gasteiger partial charge < -0.3 is 10.2 Å². The van der Waals surface area contributed by atoms with Crippen LogP contribution in [-0.2, 0) is 4.79 Å². The van der Waals surface area contributed by atoms with Crippen molar-refractivity contribution in [3.05, 3.63) is 12.4 Å². The van der Waals surface area contributed by atoms with Crippen LogP contribution in [-0.4, -0.2) is 35.4 Å². The van der Waals surface area contributed by atoms with Crippen LogP contribution in [0, 0.1) is 0 Å². The lowest BCUT2D eigenvalue weighted by molar-refractivity contribution is -0.115. The topological polar surface area (TPSA) is 58.1 Å². The van der Waals surface area contributed by atoms with Gasteiger partial charge in [-0.05, 0) is 19.8 Å². The zero-order valence-corrected chi connectivity index (χ0v) is 11.0. The highest BCUT2D eigenvalue weighted by Crippen LogP contribution is 2.26. The SMILES string of the molecule is CC(=O)CNc1cc(N(C)C2CCCC2)ncn1. The van der Waals surface area contributed by atoms with E-state index in [-0.39, 0.29) is 5.78 Å². The van der Waals surface area contributed by atoms with Crippen molar-refractivity contribution in [2.45, 2.75) is 38.6 Å². The van der Waals surface area contributed by atoms with Crippen LogP contribution in [0.3, 0.4) is 0 Å². The van der Waals surface area contributed by atoms with Gasteiger partial charge in [0.25, 0.3) is 0 Å². The Bertz CT molecular complexity index is 415. The number of carbonyl (C=O) groups is 1. The molecule has 5 heteroatoms. The maximum absolute atomic E-state index is 10.9. The van der Waals surface area contributed by atoms with Gasteiger partial charge in [0.2, 0.25) is 0 Å². The van der Waals surface area contributed by atoms with Crippen molar-refractivity contribution in [3.8, 4) is 0 Å². The van der Waals surface area contributed by atoms with E-state index in [0.29, 0.717) is 18.4 Å². The first-order chi connectivity index (χ1) is 8.66. The molecule has 0 saturated heterocycles. The molecular weight excluding hydrogens is 228 g/mol. The van der Waals surface area contributed by atoms with Crippen molar-refractivity contribution in [2.75, 3.05) is 23.8 Å². The number of hydrogen-bond acceptors (Lipinski definition) is 5. The number of anilines is 2. The Hall–Kier alpha value is -1.65. The number of Topliss-reactive ketones (excluding diaryl/α,β-unsaturated/α-hetero) is 1. The van der Waals surface area contributed by atoms with E-state index in [4.69, 9.17) is 0 Å². The Morgan fingerprint density at radius 1 is 1.44 bits per heavy atom. The molecule has 1 heterocycles. The molecule has 0 aliphatic heterocycles. The molecule has 1 aromatic rings. The molecule has 1 saturated carbocycles. The molecule has 0 radical (unpaired) electrons. The predicted molar refractivity (Wildman–Crippen MR) is 71.9 cm³/mol. The van der Waals surface area contributed by atoms with Crippen LogP contribution in [0.25, 0.3) is 0 Å². The highest BCUT2D eigenvalue weighted by atomic mass is 16.1. The minimum Gasteiger partial charge on any atom is -0.363 e. The molecule has 98 valence electrons. The molecule has 0 aromatic carbocycles. The van der Waals surface area contributed by atoms with Crippen LogP contribution >= 0.6 is 0 Å². The van der Waals surface area contributed by atoms with Crippen LogP contribution in [0.4, 0.5) is 11.6 Å². The fourth-order valence-corrected chi connectivity index (χ4v) is 2.33. The van der Waals surface area contributed by atoms with E-state index >= 15 is 0 Å². The van der Waals surface area contributed by atoms with E-state index in [0.717, 1.165) is 5.82 Å². The van der Waals surface area contributed by atoms with Gasteiger partial charge in [-0.25, -0.2) is 9.97 Å². The third kappa shape index (κ3) is 3.18. The van der Waals surface area contributed by atoms with Crippen molar-refractivity contribution in [1.82, 2.24) is 9.97 Å². The van der Waals surface area contributed by atoms with Crippen LogP contribution < -0.4 is 10.2 Å². The standard InChI is InChI=1S/C13H20N4O/c1-10(18)8-14-12-7-13(16-9-15-12)17(2)11-5-3-4-6-11/h7,9,11H,3-6,8H2,1-2H3,(H,14,15,16). The number of ketones is 1. The van der Waals surface area contributed by atoms with Crippen molar-refractivity contribution in [1.29, 1.82) is 0 Å². The zero-order valence-electron chi connectivity index (χ0n) is 11.0. The van der Waals surface area contributed by atoms with Crippen molar-refractivity contribution < 1.29 is 4.79 Å². The van der Waals surface area contributed by atoms with E-state index in [1.54, 1.807) is 13.3 Å². The highest BCUT2D eigenvalue weighted by molar-refractivity contribution is 5.80. The van der Waals surface area contributed by atoms with Gasteiger partial charge in [0.15, 0.2) is 0 Å². The molecule has 0 atom stereocenters. The molecule has 0 spiro atoms. The molecule has 1 aromatic heterocycles. The van der Waals surface area contributed by atoms with Crippen LogP contribution in [0.2, 0.25) is 0 Å². The first kappa shape index (κ1) is 12.8. The lowest BCUT2D eigenvalue weighted by atomic mass is 10.2. The fraction of sp³-hybridized carbons (Fsp3) is 0.615. The van der Waals surface area contributed by atoms with E-state index in [1.165, 1.54) is 25.7 Å². The van der Waals surface area contributed by atoms with E-state index in [2.05, 4.69) is 27.2 Å². The molecule has 1 aliphatic rings. The lowest BCUT2D eigenvalue weighted by Gasteiger charge is -2.25. The summed E-state index contributed by atoms with van der Waals surface area (Å²) in [5.41, 5.74) is 0. The summed E-state index contributed by atoms with van der Waals surface area (Å²) in [6, 6.07) is 2.49. The molecule has 2 rings (SSSR count). The summed E-state index contributed by atoms with van der Waals surface area (Å²) in [4.78, 5) is 21.6. The summed E-state index contributed by atoms with van der Waals surface area (Å²) in [5.74, 6) is 1.72. The van der Waals surface area contributed by atoms with E-state index in [1.807, 2.05) is 6.07 Å². The molecule has 0 bridgehead atoms. The quantitative estimate of drug-likeness (QED) is 0.862. The maximum Gasteiger partial charge on any atom is 0.148 e. The number of nitrogens with one attached hydrogen (secondary N) is 1. The average Bonchev–Trinajstić information content (AvgIpc) is 2.89. The van der Waals surface area contributed by atoms with Gasteiger partial charge in [0, 0.05) is 19.2 Å². The van der Waals surface area contributed by atoms with Crippen LogP contribution in [0.1, 0.15) is 32.6 Å². The van der Waals surface area contributed by atoms with Crippen molar-refractivity contribution >= 4 is 17.4 Å². The van der Waals surface area contributed by atoms with Crippen molar-refractivity contribution in [2.24, 2.45) is 0 Å². The molecular formula is C13H20N4O. The van der Waals surface area contributed by atoms with Gasteiger partial charge in [0.05, 0.1) is 6.54 Å². The van der Waals surface area contributed by atoms with E-state index in [9.17, 15) is 4.79 Å². The summed E-state index contributed by atoms with van der Waals surface area (Å²) in [5, 5.41) is 3.00. The summed E-state index contributed by atoms with van der Waals surface area (Å²) < 4.78 is 0. The van der Waals surface area contributed by atoms with Gasteiger partial charge in [0.1, 0.15) is 23.7 Å². The Morgan fingerprint density at radius 3 is 2.83 bits per heavy atom. The van der Waals surface area contributed by atoms with Crippen LogP contribution in [0.5, 0.6) is 0 Å². The highest BCUT2D eigenvalue weighted by Gasteiger charge is 2.20. The number of nitrogens with zero attached hydrogens (tertiary/aromatic N) is 3. The first-order valence-corrected chi connectivity index (χ1v) is 6.45. The van der Waals surface area contributed by atoms with E-state index < -0.39 is 0 Å². The van der Waals surface area contributed by atoms with Gasteiger partial charge in [-0.3, -0.25) is 4.79 Å². The second-order valence-corrected chi connectivity index (χ2v) is 4.87. The minimum atomic E-state index is 0.0966. The number of carbonyl (C=O) groups excluding carboxylic acids is 1. The third-order valence-electron chi connectivity index (χ3n) is 3.40. The fourth-order valence-electron chi connectivity index (χ4n) is 2.33.